The molecule has 0 atom stereocenters. The number of nitrogens with zero attached hydrogens (tertiary/aromatic N) is 3. The van der Waals surface area contributed by atoms with Crippen LogP contribution in [0, 0.1) is 6.92 Å². The second-order valence-corrected chi connectivity index (χ2v) is 3.75. The molecule has 0 spiro atoms. The van der Waals surface area contributed by atoms with Gasteiger partial charge in [0.15, 0.2) is 5.65 Å². The monoisotopic (exact) mass is 233 g/mol. The topological polar surface area (TPSA) is 56.5 Å². The first-order chi connectivity index (χ1) is 8.17. The summed E-state index contributed by atoms with van der Waals surface area (Å²) in [6.45, 7) is 6.03. The first-order valence-corrected chi connectivity index (χ1v) is 5.68. The van der Waals surface area contributed by atoms with Crippen LogP contribution in [-0.2, 0) is 11.2 Å². The van der Waals surface area contributed by atoms with Gasteiger partial charge in [-0.25, -0.2) is 14.3 Å². The predicted octanol–water partition coefficient (Wildman–Crippen LogP) is 1.78. The molecule has 0 radical (unpaired) electrons. The van der Waals surface area contributed by atoms with Gasteiger partial charge in [0.2, 0.25) is 0 Å². The van der Waals surface area contributed by atoms with Gasteiger partial charge in [0.05, 0.1) is 23.6 Å². The van der Waals surface area contributed by atoms with Crippen LogP contribution in [-0.4, -0.2) is 27.2 Å². The maximum Gasteiger partial charge on any atom is 0.341 e. The highest BCUT2D eigenvalue weighted by Crippen LogP contribution is 2.13. The van der Waals surface area contributed by atoms with E-state index in [0.29, 0.717) is 18.6 Å². The van der Waals surface area contributed by atoms with E-state index in [1.165, 1.54) is 0 Å². The van der Waals surface area contributed by atoms with Crippen LogP contribution >= 0.6 is 0 Å². The van der Waals surface area contributed by atoms with Gasteiger partial charge in [0, 0.05) is 12.3 Å². The van der Waals surface area contributed by atoms with Crippen molar-refractivity contribution < 1.29 is 9.53 Å². The molecule has 0 amide bonds. The molecule has 0 saturated carbocycles. The summed E-state index contributed by atoms with van der Waals surface area (Å²) in [5, 5.41) is 4.33. The van der Waals surface area contributed by atoms with Crippen LogP contribution in [0.3, 0.4) is 0 Å². The fourth-order valence-electron chi connectivity index (χ4n) is 1.82. The maximum atomic E-state index is 11.8. The molecular formula is C12H15N3O2. The molecule has 0 fully saturated rings. The summed E-state index contributed by atoms with van der Waals surface area (Å²) in [7, 11) is 0. The minimum absolute atomic E-state index is 0.341. The Hall–Kier alpha value is -1.91. The molecule has 5 nitrogen and oxygen atoms in total. The molecule has 0 aliphatic carbocycles. The van der Waals surface area contributed by atoms with Crippen molar-refractivity contribution in [1.29, 1.82) is 0 Å². The van der Waals surface area contributed by atoms with Gasteiger partial charge in [-0.3, -0.25) is 0 Å². The number of hydrogen-bond donors (Lipinski definition) is 0. The fraction of sp³-hybridized carbons (Fsp3) is 0.417. The summed E-state index contributed by atoms with van der Waals surface area (Å²) < 4.78 is 6.72. The molecule has 0 aromatic carbocycles. The van der Waals surface area contributed by atoms with Crippen LogP contribution in [0.2, 0.25) is 0 Å². The average molecular weight is 233 g/mol. The lowest BCUT2D eigenvalue weighted by Crippen LogP contribution is -2.12. The molecule has 0 saturated heterocycles. The van der Waals surface area contributed by atoms with Gasteiger partial charge < -0.3 is 4.74 Å². The summed E-state index contributed by atoms with van der Waals surface area (Å²) in [6.07, 6.45) is 2.27. The first-order valence-electron chi connectivity index (χ1n) is 5.68. The number of carbonyl (C=O) groups is 1. The Labute approximate surface area is 99.4 Å². The van der Waals surface area contributed by atoms with E-state index in [4.69, 9.17) is 4.74 Å². The van der Waals surface area contributed by atoms with Gasteiger partial charge in [-0.1, -0.05) is 6.92 Å². The van der Waals surface area contributed by atoms with E-state index < -0.39 is 0 Å². The lowest BCUT2D eigenvalue weighted by molar-refractivity contribution is 0.0523. The molecule has 5 heteroatoms. The van der Waals surface area contributed by atoms with Crippen molar-refractivity contribution in [1.82, 2.24) is 14.6 Å². The quantitative estimate of drug-likeness (QED) is 0.758. The largest absolute Gasteiger partial charge is 0.462 e. The zero-order valence-electron chi connectivity index (χ0n) is 10.2. The Morgan fingerprint density at radius 3 is 2.88 bits per heavy atom. The molecule has 2 aromatic rings. The zero-order valence-corrected chi connectivity index (χ0v) is 10.2. The Morgan fingerprint density at radius 1 is 1.47 bits per heavy atom. The Morgan fingerprint density at radius 2 is 2.24 bits per heavy atom. The molecule has 2 heterocycles. The van der Waals surface area contributed by atoms with Gasteiger partial charge in [0.1, 0.15) is 0 Å². The Balaban J connectivity index is 2.60. The van der Waals surface area contributed by atoms with Gasteiger partial charge in [-0.2, -0.15) is 5.10 Å². The van der Waals surface area contributed by atoms with Crippen molar-refractivity contribution in [2.24, 2.45) is 0 Å². The van der Waals surface area contributed by atoms with Crippen LogP contribution in [0.4, 0.5) is 0 Å². The van der Waals surface area contributed by atoms with Crippen LogP contribution < -0.4 is 0 Å². The van der Waals surface area contributed by atoms with Gasteiger partial charge in [0.25, 0.3) is 0 Å². The van der Waals surface area contributed by atoms with Crippen molar-refractivity contribution in [2.75, 3.05) is 6.61 Å². The highest BCUT2D eigenvalue weighted by Gasteiger charge is 2.16. The average Bonchev–Trinajstić information content (AvgIpc) is 2.68. The SMILES string of the molecule is CCOC(=O)c1cnc2cc(C)nn2c1CC. The van der Waals surface area contributed by atoms with Crippen LogP contribution in [0.1, 0.15) is 35.6 Å². The normalized spacial score (nSPS) is 10.8. The van der Waals surface area contributed by atoms with Crippen molar-refractivity contribution in [3.63, 3.8) is 0 Å². The van der Waals surface area contributed by atoms with E-state index in [9.17, 15) is 4.79 Å². The smallest absolute Gasteiger partial charge is 0.341 e. The lowest BCUT2D eigenvalue weighted by atomic mass is 10.2. The molecule has 0 aliphatic heterocycles. The second-order valence-electron chi connectivity index (χ2n) is 3.75. The highest BCUT2D eigenvalue weighted by atomic mass is 16.5. The lowest BCUT2D eigenvalue weighted by Gasteiger charge is -2.08. The highest BCUT2D eigenvalue weighted by molar-refractivity contribution is 5.90. The molecule has 0 bridgehead atoms. The number of aryl methyl sites for hydroxylation is 2. The summed E-state index contributed by atoms with van der Waals surface area (Å²) in [5.41, 5.74) is 2.96. The number of rotatable bonds is 3. The fourth-order valence-corrected chi connectivity index (χ4v) is 1.82. The number of esters is 1. The number of aromatic nitrogens is 3. The summed E-state index contributed by atoms with van der Waals surface area (Å²) >= 11 is 0. The van der Waals surface area contributed by atoms with E-state index >= 15 is 0 Å². The predicted molar refractivity (Wildman–Crippen MR) is 63.1 cm³/mol. The third-order valence-electron chi connectivity index (χ3n) is 2.54. The molecule has 90 valence electrons. The van der Waals surface area contributed by atoms with Gasteiger partial charge in [-0.05, 0) is 20.3 Å². The molecular weight excluding hydrogens is 218 g/mol. The summed E-state index contributed by atoms with van der Waals surface area (Å²) in [6, 6.07) is 1.88. The van der Waals surface area contributed by atoms with Gasteiger partial charge >= 0.3 is 5.97 Å². The van der Waals surface area contributed by atoms with E-state index in [0.717, 1.165) is 17.0 Å². The molecule has 0 unspecified atom stereocenters. The third-order valence-corrected chi connectivity index (χ3v) is 2.54. The van der Waals surface area contributed by atoms with Crippen molar-refractivity contribution >= 4 is 11.6 Å². The van der Waals surface area contributed by atoms with Crippen LogP contribution in [0.5, 0.6) is 0 Å². The zero-order chi connectivity index (χ0) is 12.4. The summed E-state index contributed by atoms with van der Waals surface area (Å²) in [5.74, 6) is -0.341. The molecule has 17 heavy (non-hydrogen) atoms. The third kappa shape index (κ3) is 2.00. The van der Waals surface area contributed by atoms with Crippen LogP contribution in [0.15, 0.2) is 12.3 Å². The second kappa shape index (κ2) is 4.53. The van der Waals surface area contributed by atoms with E-state index in [2.05, 4.69) is 10.1 Å². The van der Waals surface area contributed by atoms with E-state index in [1.54, 1.807) is 17.6 Å². The van der Waals surface area contributed by atoms with Crippen molar-refractivity contribution in [2.45, 2.75) is 27.2 Å². The number of fused-ring (bicyclic) bond motifs is 1. The molecule has 0 N–H and O–H groups in total. The number of carbonyl (C=O) groups excluding carboxylic acids is 1. The van der Waals surface area contributed by atoms with Gasteiger partial charge in [-0.15, -0.1) is 0 Å². The Kier molecular flexibility index (Phi) is 3.08. The summed E-state index contributed by atoms with van der Waals surface area (Å²) in [4.78, 5) is 16.0. The Bertz CT molecular complexity index is 560. The minimum Gasteiger partial charge on any atom is -0.462 e. The standard InChI is InChI=1S/C12H15N3O2/c1-4-10-9(12(16)17-5-2)7-13-11-6-8(3)14-15(10)11/h6-7H,4-5H2,1-3H3. The maximum absolute atomic E-state index is 11.8. The van der Waals surface area contributed by atoms with E-state index in [-0.39, 0.29) is 5.97 Å². The first kappa shape index (κ1) is 11.6. The van der Waals surface area contributed by atoms with Crippen molar-refractivity contribution in [3.05, 3.63) is 29.2 Å². The van der Waals surface area contributed by atoms with Crippen LogP contribution in [0.25, 0.3) is 5.65 Å². The molecule has 2 aromatic heterocycles. The van der Waals surface area contributed by atoms with E-state index in [1.807, 2.05) is 19.9 Å². The molecule has 0 aliphatic rings. The molecule has 2 rings (SSSR count). The minimum atomic E-state index is -0.341. The number of ether oxygens (including phenoxy) is 1. The van der Waals surface area contributed by atoms with Crippen molar-refractivity contribution in [3.8, 4) is 0 Å². The number of hydrogen-bond acceptors (Lipinski definition) is 4.